The molecule has 0 bridgehead atoms. The van der Waals surface area contributed by atoms with Gasteiger partial charge in [-0.05, 0) is 51.4 Å². The topological polar surface area (TPSA) is 108 Å². The maximum atomic E-state index is 13.0. The van der Waals surface area contributed by atoms with Crippen molar-refractivity contribution in [1.29, 1.82) is 0 Å². The molecule has 0 radical (unpaired) electrons. The number of quaternary nitrogens is 1. The summed E-state index contributed by atoms with van der Waals surface area (Å²) in [6.07, 6.45) is 91.3. The second-order valence-corrected chi connectivity index (χ2v) is 28.0. The summed E-state index contributed by atoms with van der Waals surface area (Å²) in [7, 11) is 6.00. The molecular weight excluding hydrogens is 1110 g/mol. The van der Waals surface area contributed by atoms with Crippen LogP contribution < -0.4 is 0 Å². The first-order chi connectivity index (χ1) is 44.1. The van der Waals surface area contributed by atoms with E-state index < -0.39 is 18.4 Å². The zero-order chi connectivity index (χ0) is 65.4. The summed E-state index contributed by atoms with van der Waals surface area (Å²) < 4.78 is 23.0. The van der Waals surface area contributed by atoms with Crippen molar-refractivity contribution in [1.82, 2.24) is 0 Å². The normalized spacial score (nSPS) is 12.9. The Labute approximate surface area is 559 Å². The molecule has 2 unspecified atom stereocenters. The van der Waals surface area contributed by atoms with Crippen LogP contribution in [0.2, 0.25) is 0 Å². The highest BCUT2D eigenvalue weighted by Crippen LogP contribution is 2.20. The van der Waals surface area contributed by atoms with Crippen molar-refractivity contribution in [3.63, 3.8) is 0 Å². The number of carboxylic acid groups (broad SMARTS) is 1. The van der Waals surface area contributed by atoms with Gasteiger partial charge in [-0.25, -0.2) is 4.79 Å². The van der Waals surface area contributed by atoms with Crippen LogP contribution in [0.1, 0.15) is 393 Å². The smallest absolute Gasteiger partial charge is 0.361 e. The minimum absolute atomic E-state index is 0.174. The Hall–Kier alpha value is -2.75. The monoisotopic (exact) mass is 1270 g/mol. The number of rotatable bonds is 74. The third-order valence-corrected chi connectivity index (χ3v) is 17.8. The van der Waals surface area contributed by atoms with E-state index in [4.69, 9.17) is 18.9 Å². The lowest BCUT2D eigenvalue weighted by Gasteiger charge is -2.25. The average Bonchev–Trinajstić information content (AvgIpc) is 3.73. The van der Waals surface area contributed by atoms with Gasteiger partial charge in [0, 0.05) is 12.8 Å². The van der Waals surface area contributed by atoms with Crippen molar-refractivity contribution < 1.29 is 42.9 Å². The van der Waals surface area contributed by atoms with Crippen molar-refractivity contribution in [3.8, 4) is 0 Å². The number of carbonyl (C=O) groups is 3. The van der Waals surface area contributed by atoms with Crippen LogP contribution in [-0.4, -0.2) is 87.4 Å². The summed E-state index contributed by atoms with van der Waals surface area (Å²) in [5.74, 6) is -1.97. The number of hydrogen-bond acceptors (Lipinski definition) is 7. The van der Waals surface area contributed by atoms with Crippen LogP contribution >= 0.6 is 0 Å². The first-order valence-electron chi connectivity index (χ1n) is 39.3. The SMILES string of the molecule is CC/C=C\C/C=C\C/C=C\C/C=C\CCCCCCCCCCCCCCCCCCCCCCCCCCCCCCC(=O)OC(COC(=O)CCCCCCCCCCCCCCCCCCCCCCCCCC)COC(OCC[N+](C)(C)C)C(=O)O. The summed E-state index contributed by atoms with van der Waals surface area (Å²) in [6, 6.07) is 0. The molecule has 0 aliphatic carbocycles. The van der Waals surface area contributed by atoms with Gasteiger partial charge in [-0.1, -0.05) is 377 Å². The van der Waals surface area contributed by atoms with Crippen molar-refractivity contribution in [2.45, 2.75) is 405 Å². The lowest BCUT2D eigenvalue weighted by atomic mass is 10.0. The van der Waals surface area contributed by atoms with E-state index in [1.807, 2.05) is 21.1 Å². The Balaban J connectivity index is 3.93. The average molecular weight is 1270 g/mol. The number of esters is 2. The summed E-state index contributed by atoms with van der Waals surface area (Å²) in [6.45, 7) is 4.85. The fraction of sp³-hybridized carbons (Fsp3) is 0.864. The molecule has 9 heteroatoms. The third-order valence-electron chi connectivity index (χ3n) is 17.8. The molecule has 528 valence electrons. The predicted molar refractivity (Wildman–Crippen MR) is 387 cm³/mol. The van der Waals surface area contributed by atoms with Gasteiger partial charge in [0.1, 0.15) is 13.2 Å². The standard InChI is InChI=1S/C81H151NO8/c1-6-8-10-12-14-16-18-20-22-24-26-28-30-32-33-34-35-36-37-38-39-40-41-42-43-44-45-46-47-48-50-52-54-56-58-60-62-64-66-68-70-72-79(84)90-77(76-89-81(80(85)86)87-74-73-82(3,4)5)75-88-78(83)71-69-67-65-63-61-59-57-55-53-51-49-31-29-27-25-23-21-19-17-15-13-11-9-7-2/h8,10,14,16,20,22,26,28,77,81H,6-7,9,11-13,15,17-19,21,23-25,27,29-76H2,1-5H3/p+1/b10-8-,16-14-,22-20-,28-26-. The zero-order valence-electron chi connectivity index (χ0n) is 60.6. The van der Waals surface area contributed by atoms with E-state index in [1.54, 1.807) is 0 Å². The predicted octanol–water partition coefficient (Wildman–Crippen LogP) is 24.9. The van der Waals surface area contributed by atoms with E-state index >= 15 is 0 Å². The van der Waals surface area contributed by atoms with E-state index in [9.17, 15) is 19.5 Å². The highest BCUT2D eigenvalue weighted by molar-refractivity contribution is 5.71. The Morgan fingerprint density at radius 3 is 0.944 bits per heavy atom. The first-order valence-corrected chi connectivity index (χ1v) is 39.3. The van der Waals surface area contributed by atoms with E-state index in [0.29, 0.717) is 17.4 Å². The maximum Gasteiger partial charge on any atom is 0.361 e. The molecule has 0 aromatic rings. The van der Waals surface area contributed by atoms with E-state index in [2.05, 4.69) is 62.5 Å². The lowest BCUT2D eigenvalue weighted by Crippen LogP contribution is -2.40. The summed E-state index contributed by atoms with van der Waals surface area (Å²) in [5, 5.41) is 9.76. The molecular formula is C81H152NO8+. The van der Waals surface area contributed by atoms with Crippen LogP contribution in [0.5, 0.6) is 0 Å². The molecule has 0 saturated carbocycles. The lowest BCUT2D eigenvalue weighted by molar-refractivity contribution is -0.870. The molecule has 90 heavy (non-hydrogen) atoms. The van der Waals surface area contributed by atoms with Gasteiger partial charge in [-0.15, -0.1) is 0 Å². The molecule has 9 nitrogen and oxygen atoms in total. The van der Waals surface area contributed by atoms with Crippen LogP contribution in [0.4, 0.5) is 0 Å². The van der Waals surface area contributed by atoms with Gasteiger partial charge in [-0.2, -0.15) is 0 Å². The van der Waals surface area contributed by atoms with E-state index in [-0.39, 0.29) is 38.2 Å². The summed E-state index contributed by atoms with van der Waals surface area (Å²) in [4.78, 5) is 37.7. The second-order valence-electron chi connectivity index (χ2n) is 28.0. The fourth-order valence-electron chi connectivity index (χ4n) is 11.9. The molecule has 0 amide bonds. The molecule has 0 saturated heterocycles. The zero-order valence-corrected chi connectivity index (χ0v) is 60.6. The number of aliphatic carboxylic acids is 1. The van der Waals surface area contributed by atoms with Crippen LogP contribution in [-0.2, 0) is 33.3 Å². The van der Waals surface area contributed by atoms with Gasteiger partial charge < -0.3 is 28.5 Å². The van der Waals surface area contributed by atoms with Crippen LogP contribution in [0.25, 0.3) is 0 Å². The Morgan fingerprint density at radius 1 is 0.344 bits per heavy atom. The van der Waals surface area contributed by atoms with Crippen molar-refractivity contribution in [2.24, 2.45) is 0 Å². The number of carboxylic acids is 1. The Bertz CT molecular complexity index is 1620. The molecule has 0 heterocycles. The molecule has 0 fully saturated rings. The maximum absolute atomic E-state index is 13.0. The van der Waals surface area contributed by atoms with Gasteiger partial charge in [0.2, 0.25) is 0 Å². The Morgan fingerprint density at radius 2 is 0.633 bits per heavy atom. The molecule has 0 rings (SSSR count). The van der Waals surface area contributed by atoms with Crippen LogP contribution in [0.15, 0.2) is 48.6 Å². The Kier molecular flexibility index (Phi) is 69.9. The van der Waals surface area contributed by atoms with E-state index in [0.717, 1.165) is 64.2 Å². The number of likely N-dealkylation sites (N-methyl/N-ethyl adjacent to an activating group) is 1. The quantitative estimate of drug-likeness (QED) is 0.0211. The first kappa shape index (κ1) is 87.2. The van der Waals surface area contributed by atoms with Gasteiger partial charge in [0.15, 0.2) is 6.10 Å². The van der Waals surface area contributed by atoms with Gasteiger partial charge in [0.25, 0.3) is 6.29 Å². The van der Waals surface area contributed by atoms with E-state index in [1.165, 1.54) is 302 Å². The largest absolute Gasteiger partial charge is 0.477 e. The second kappa shape index (κ2) is 72.1. The molecule has 0 aliphatic heterocycles. The fourth-order valence-corrected chi connectivity index (χ4v) is 11.9. The highest BCUT2D eigenvalue weighted by Gasteiger charge is 2.25. The summed E-state index contributed by atoms with van der Waals surface area (Å²) in [5.41, 5.74) is 0. The highest BCUT2D eigenvalue weighted by atomic mass is 16.7. The van der Waals surface area contributed by atoms with Crippen molar-refractivity contribution in [2.75, 3.05) is 47.5 Å². The summed E-state index contributed by atoms with van der Waals surface area (Å²) >= 11 is 0. The van der Waals surface area contributed by atoms with Gasteiger partial charge in [0.05, 0.1) is 34.4 Å². The number of hydrogen-bond donors (Lipinski definition) is 1. The minimum atomic E-state index is -1.51. The number of nitrogens with zero attached hydrogens (tertiary/aromatic N) is 1. The molecule has 1 N–H and O–H groups in total. The van der Waals surface area contributed by atoms with Crippen LogP contribution in [0.3, 0.4) is 0 Å². The molecule has 0 spiro atoms. The van der Waals surface area contributed by atoms with Gasteiger partial charge >= 0.3 is 17.9 Å². The number of carbonyl (C=O) groups excluding carboxylic acids is 2. The van der Waals surface area contributed by atoms with Crippen LogP contribution in [0, 0.1) is 0 Å². The molecule has 0 aliphatic rings. The number of ether oxygens (including phenoxy) is 4. The molecule has 0 aromatic heterocycles. The molecule has 0 aromatic carbocycles. The molecule has 2 atom stereocenters. The number of allylic oxidation sites excluding steroid dienone is 8. The number of unbranched alkanes of at least 4 members (excludes halogenated alkanes) is 51. The third kappa shape index (κ3) is 72.7. The minimum Gasteiger partial charge on any atom is -0.477 e. The van der Waals surface area contributed by atoms with Gasteiger partial charge in [-0.3, -0.25) is 9.59 Å². The van der Waals surface area contributed by atoms with Crippen molar-refractivity contribution >= 4 is 17.9 Å². The van der Waals surface area contributed by atoms with Crippen molar-refractivity contribution in [3.05, 3.63) is 48.6 Å².